The normalized spacial score (nSPS) is 20.3. The van der Waals surface area contributed by atoms with Gasteiger partial charge in [0.15, 0.2) is 0 Å². The SMILES string of the molecule is Cl.Cl.O=C(Cn1cccn1)N1CCC2(CCNCC2)C1. The van der Waals surface area contributed by atoms with Crippen LogP contribution in [-0.2, 0) is 11.3 Å². The van der Waals surface area contributed by atoms with Crippen LogP contribution >= 0.6 is 24.8 Å². The van der Waals surface area contributed by atoms with Crippen LogP contribution in [0.5, 0.6) is 0 Å². The van der Waals surface area contributed by atoms with Gasteiger partial charge in [-0.2, -0.15) is 5.10 Å². The first-order valence-corrected chi connectivity index (χ1v) is 6.73. The van der Waals surface area contributed by atoms with Crippen LogP contribution in [-0.4, -0.2) is 46.8 Å². The molecule has 114 valence electrons. The van der Waals surface area contributed by atoms with Gasteiger partial charge in [-0.15, -0.1) is 24.8 Å². The fourth-order valence-electron chi connectivity index (χ4n) is 3.15. The first kappa shape index (κ1) is 17.3. The number of amides is 1. The first-order chi connectivity index (χ1) is 8.77. The van der Waals surface area contributed by atoms with Gasteiger partial charge in [0.05, 0.1) is 0 Å². The lowest BCUT2D eigenvalue weighted by Crippen LogP contribution is -2.40. The molecule has 0 bridgehead atoms. The number of nitrogens with zero attached hydrogens (tertiary/aromatic N) is 3. The average Bonchev–Trinajstić information content (AvgIpc) is 3.01. The van der Waals surface area contributed by atoms with Gasteiger partial charge >= 0.3 is 0 Å². The van der Waals surface area contributed by atoms with Gasteiger partial charge in [0.1, 0.15) is 6.54 Å². The highest BCUT2D eigenvalue weighted by molar-refractivity contribution is 5.85. The summed E-state index contributed by atoms with van der Waals surface area (Å²) < 4.78 is 1.70. The van der Waals surface area contributed by atoms with E-state index in [4.69, 9.17) is 0 Å². The standard InChI is InChI=1S/C13H20N4O.2ClH/c18-12(10-17-8-1-5-15-17)16-9-4-13(11-16)2-6-14-7-3-13;;/h1,5,8,14H,2-4,6-7,9-11H2;2*1H. The van der Waals surface area contributed by atoms with Crippen molar-refractivity contribution in [2.75, 3.05) is 26.2 Å². The third-order valence-electron chi connectivity index (χ3n) is 4.31. The monoisotopic (exact) mass is 320 g/mol. The summed E-state index contributed by atoms with van der Waals surface area (Å²) in [5.74, 6) is 0.203. The Morgan fingerprint density at radius 1 is 1.25 bits per heavy atom. The predicted molar refractivity (Wildman–Crippen MR) is 82.5 cm³/mol. The number of aromatic nitrogens is 2. The number of nitrogens with one attached hydrogen (secondary N) is 1. The van der Waals surface area contributed by atoms with E-state index in [1.807, 2.05) is 17.2 Å². The predicted octanol–water partition coefficient (Wildman–Crippen LogP) is 1.33. The zero-order valence-electron chi connectivity index (χ0n) is 11.5. The van der Waals surface area contributed by atoms with E-state index in [0.29, 0.717) is 12.0 Å². The van der Waals surface area contributed by atoms with Crippen molar-refractivity contribution in [3.63, 3.8) is 0 Å². The molecule has 2 fully saturated rings. The van der Waals surface area contributed by atoms with E-state index >= 15 is 0 Å². The number of likely N-dealkylation sites (tertiary alicyclic amines) is 1. The number of carbonyl (C=O) groups is 1. The van der Waals surface area contributed by atoms with Crippen molar-refractivity contribution in [1.82, 2.24) is 20.0 Å². The number of piperidine rings is 1. The Morgan fingerprint density at radius 3 is 2.65 bits per heavy atom. The second kappa shape index (κ2) is 7.29. The van der Waals surface area contributed by atoms with Gasteiger partial charge in [-0.3, -0.25) is 9.48 Å². The summed E-state index contributed by atoms with van der Waals surface area (Å²) in [6, 6.07) is 1.85. The van der Waals surface area contributed by atoms with Crippen molar-refractivity contribution in [2.24, 2.45) is 5.41 Å². The molecule has 1 spiro atoms. The fourth-order valence-corrected chi connectivity index (χ4v) is 3.15. The van der Waals surface area contributed by atoms with Crippen molar-refractivity contribution < 1.29 is 4.79 Å². The van der Waals surface area contributed by atoms with Gasteiger partial charge in [0.2, 0.25) is 5.91 Å². The number of hydrogen-bond acceptors (Lipinski definition) is 3. The zero-order chi connectivity index (χ0) is 12.4. The number of hydrogen-bond donors (Lipinski definition) is 1. The molecule has 1 N–H and O–H groups in total. The molecule has 0 unspecified atom stereocenters. The van der Waals surface area contributed by atoms with Gasteiger partial charge in [0, 0.05) is 25.5 Å². The zero-order valence-corrected chi connectivity index (χ0v) is 13.1. The van der Waals surface area contributed by atoms with Crippen molar-refractivity contribution in [3.8, 4) is 0 Å². The van der Waals surface area contributed by atoms with E-state index in [1.165, 1.54) is 19.3 Å². The molecule has 0 atom stereocenters. The third kappa shape index (κ3) is 3.65. The Morgan fingerprint density at radius 2 is 2.00 bits per heavy atom. The summed E-state index contributed by atoms with van der Waals surface area (Å²) in [7, 11) is 0. The molecule has 2 saturated heterocycles. The van der Waals surface area contributed by atoms with E-state index in [0.717, 1.165) is 26.2 Å². The summed E-state index contributed by atoms with van der Waals surface area (Å²) in [4.78, 5) is 14.2. The van der Waals surface area contributed by atoms with Gasteiger partial charge in [-0.25, -0.2) is 0 Å². The number of halogens is 2. The molecule has 3 rings (SSSR count). The molecule has 0 aromatic carbocycles. The Bertz CT molecular complexity index is 418. The smallest absolute Gasteiger partial charge is 0.244 e. The molecule has 0 saturated carbocycles. The van der Waals surface area contributed by atoms with E-state index in [2.05, 4.69) is 10.4 Å². The largest absolute Gasteiger partial charge is 0.341 e. The third-order valence-corrected chi connectivity index (χ3v) is 4.31. The Kier molecular flexibility index (Phi) is 6.30. The van der Waals surface area contributed by atoms with Crippen molar-refractivity contribution in [1.29, 1.82) is 0 Å². The highest BCUT2D eigenvalue weighted by Gasteiger charge is 2.40. The van der Waals surface area contributed by atoms with E-state index in [1.54, 1.807) is 10.9 Å². The quantitative estimate of drug-likeness (QED) is 0.894. The molecule has 1 aromatic rings. The van der Waals surface area contributed by atoms with Gasteiger partial charge < -0.3 is 10.2 Å². The summed E-state index contributed by atoms with van der Waals surface area (Å²) in [5.41, 5.74) is 0.394. The maximum absolute atomic E-state index is 12.2. The lowest BCUT2D eigenvalue weighted by molar-refractivity contribution is -0.131. The van der Waals surface area contributed by atoms with Crippen LogP contribution in [0.15, 0.2) is 18.5 Å². The van der Waals surface area contributed by atoms with Crippen molar-refractivity contribution in [3.05, 3.63) is 18.5 Å². The molecule has 20 heavy (non-hydrogen) atoms. The first-order valence-electron chi connectivity index (χ1n) is 6.73. The average molecular weight is 321 g/mol. The maximum atomic E-state index is 12.2. The van der Waals surface area contributed by atoms with Gasteiger partial charge in [-0.1, -0.05) is 0 Å². The van der Waals surface area contributed by atoms with Crippen LogP contribution in [0, 0.1) is 5.41 Å². The molecule has 2 aliphatic heterocycles. The fraction of sp³-hybridized carbons (Fsp3) is 0.692. The molecule has 5 nitrogen and oxygen atoms in total. The van der Waals surface area contributed by atoms with E-state index < -0.39 is 0 Å². The Balaban J connectivity index is 0.000001000. The molecular weight excluding hydrogens is 299 g/mol. The van der Waals surface area contributed by atoms with Crippen LogP contribution < -0.4 is 5.32 Å². The van der Waals surface area contributed by atoms with E-state index in [-0.39, 0.29) is 30.7 Å². The number of rotatable bonds is 2. The lowest BCUT2D eigenvalue weighted by atomic mass is 9.78. The minimum absolute atomic E-state index is 0. The van der Waals surface area contributed by atoms with Crippen molar-refractivity contribution in [2.45, 2.75) is 25.8 Å². The molecule has 1 amide bonds. The molecule has 7 heteroatoms. The molecule has 0 radical (unpaired) electrons. The van der Waals surface area contributed by atoms with Crippen LogP contribution in [0.4, 0.5) is 0 Å². The molecule has 0 aliphatic carbocycles. The van der Waals surface area contributed by atoms with Crippen LogP contribution in [0.1, 0.15) is 19.3 Å². The van der Waals surface area contributed by atoms with Crippen molar-refractivity contribution >= 4 is 30.7 Å². The summed E-state index contributed by atoms with van der Waals surface area (Å²) in [5, 5.41) is 7.49. The second-order valence-electron chi connectivity index (χ2n) is 5.52. The van der Waals surface area contributed by atoms with Gasteiger partial charge in [-0.05, 0) is 43.8 Å². The lowest BCUT2D eigenvalue weighted by Gasteiger charge is -2.33. The van der Waals surface area contributed by atoms with Crippen LogP contribution in [0.2, 0.25) is 0 Å². The highest BCUT2D eigenvalue weighted by Crippen LogP contribution is 2.38. The Labute approximate surface area is 131 Å². The molecule has 2 aliphatic rings. The topological polar surface area (TPSA) is 50.2 Å². The minimum Gasteiger partial charge on any atom is -0.341 e. The van der Waals surface area contributed by atoms with Crippen LogP contribution in [0.25, 0.3) is 0 Å². The van der Waals surface area contributed by atoms with Gasteiger partial charge in [0.25, 0.3) is 0 Å². The molecule has 3 heterocycles. The second-order valence-corrected chi connectivity index (χ2v) is 5.52. The summed E-state index contributed by atoms with van der Waals surface area (Å²) in [6.07, 6.45) is 7.14. The maximum Gasteiger partial charge on any atom is 0.244 e. The Hall–Kier alpha value is -0.780. The number of carbonyl (C=O) groups excluding carboxylic acids is 1. The highest BCUT2D eigenvalue weighted by atomic mass is 35.5. The minimum atomic E-state index is 0. The molecule has 1 aromatic heterocycles. The molecular formula is C13H22Cl2N4O. The van der Waals surface area contributed by atoms with E-state index in [9.17, 15) is 4.79 Å². The van der Waals surface area contributed by atoms with Crippen LogP contribution in [0.3, 0.4) is 0 Å². The summed E-state index contributed by atoms with van der Waals surface area (Å²) >= 11 is 0. The summed E-state index contributed by atoms with van der Waals surface area (Å²) in [6.45, 7) is 4.43.